The molecule has 25 heavy (non-hydrogen) atoms. The highest BCUT2D eigenvalue weighted by Crippen LogP contribution is 2.37. The molecule has 0 saturated heterocycles. The van der Waals surface area contributed by atoms with Crippen LogP contribution < -0.4 is 0 Å². The van der Waals surface area contributed by atoms with E-state index in [1.54, 1.807) is 18.2 Å². The smallest absolute Gasteiger partial charge is 0.166 e. The zero-order valence-corrected chi connectivity index (χ0v) is 15.7. The van der Waals surface area contributed by atoms with Gasteiger partial charge in [-0.3, -0.25) is 4.57 Å². The van der Waals surface area contributed by atoms with Gasteiger partial charge in [0, 0.05) is 5.02 Å². The van der Waals surface area contributed by atoms with Crippen LogP contribution in [-0.4, -0.2) is 9.55 Å². The van der Waals surface area contributed by atoms with Gasteiger partial charge in [0.15, 0.2) is 5.15 Å². The zero-order chi connectivity index (χ0) is 18.0. The molecule has 2 aromatic carbocycles. The van der Waals surface area contributed by atoms with Gasteiger partial charge >= 0.3 is 0 Å². The van der Waals surface area contributed by atoms with E-state index < -0.39 is 5.50 Å². The lowest BCUT2D eigenvalue weighted by Crippen LogP contribution is -2.04. The lowest BCUT2D eigenvalue weighted by molar-refractivity contribution is 0.627. The number of aromatic nitrogens is 2. The van der Waals surface area contributed by atoms with Crippen LogP contribution in [0.25, 0.3) is 11.6 Å². The monoisotopic (exact) mass is 414 g/mol. The van der Waals surface area contributed by atoms with Crippen molar-refractivity contribution in [3.8, 4) is 0 Å². The molecule has 0 bridgehead atoms. The Hall–Kier alpha value is -1.52. The van der Waals surface area contributed by atoms with E-state index in [0.717, 1.165) is 11.1 Å². The standard InChI is InChI=1S/C18H11Cl4FN2/c19-15-4-2-1-3-12(15)9-14(11-5-7-13(23)8-6-11)17(21)25-10-24-16(20)18(25)22/h1-10,17H. The molecule has 1 aromatic heterocycles. The molecule has 0 saturated carbocycles. The molecule has 0 spiro atoms. The van der Waals surface area contributed by atoms with E-state index in [1.807, 2.05) is 24.3 Å². The Morgan fingerprint density at radius 1 is 1.04 bits per heavy atom. The molecule has 7 heteroatoms. The molecule has 2 nitrogen and oxygen atoms in total. The van der Waals surface area contributed by atoms with Crippen molar-refractivity contribution in [2.75, 3.05) is 0 Å². The van der Waals surface area contributed by atoms with Crippen LogP contribution in [0.15, 0.2) is 54.9 Å². The van der Waals surface area contributed by atoms with E-state index >= 15 is 0 Å². The van der Waals surface area contributed by atoms with Crippen LogP contribution in [0.5, 0.6) is 0 Å². The minimum Gasteiger partial charge on any atom is -0.299 e. The molecule has 0 aliphatic heterocycles. The molecule has 3 rings (SSSR count). The second-order valence-electron chi connectivity index (χ2n) is 5.20. The molecule has 0 amide bonds. The van der Waals surface area contributed by atoms with E-state index in [0.29, 0.717) is 10.6 Å². The van der Waals surface area contributed by atoms with Gasteiger partial charge in [-0.2, -0.15) is 0 Å². The number of rotatable bonds is 4. The van der Waals surface area contributed by atoms with E-state index in [-0.39, 0.29) is 16.1 Å². The maximum absolute atomic E-state index is 13.3. The number of halogens is 5. The number of imidazole rings is 1. The van der Waals surface area contributed by atoms with Crippen LogP contribution in [0.3, 0.4) is 0 Å². The van der Waals surface area contributed by atoms with Crippen LogP contribution in [0.2, 0.25) is 15.3 Å². The van der Waals surface area contributed by atoms with Crippen LogP contribution in [0, 0.1) is 5.82 Å². The fourth-order valence-electron chi connectivity index (χ4n) is 2.32. The van der Waals surface area contributed by atoms with Gasteiger partial charge in [-0.05, 0) is 41.0 Å². The van der Waals surface area contributed by atoms with Crippen molar-refractivity contribution in [3.63, 3.8) is 0 Å². The average Bonchev–Trinajstić information content (AvgIpc) is 2.94. The topological polar surface area (TPSA) is 17.8 Å². The number of benzene rings is 2. The van der Waals surface area contributed by atoms with Crippen molar-refractivity contribution < 1.29 is 4.39 Å². The van der Waals surface area contributed by atoms with Gasteiger partial charge in [0.25, 0.3) is 0 Å². The summed E-state index contributed by atoms with van der Waals surface area (Å²) in [6.45, 7) is 0. The van der Waals surface area contributed by atoms with Crippen molar-refractivity contribution in [3.05, 3.63) is 87.1 Å². The van der Waals surface area contributed by atoms with Crippen molar-refractivity contribution in [1.29, 1.82) is 0 Å². The third-order valence-corrected chi connectivity index (χ3v) is 5.12. The molecule has 0 fully saturated rings. The summed E-state index contributed by atoms with van der Waals surface area (Å²) in [6, 6.07) is 13.3. The molecule has 0 aliphatic carbocycles. The van der Waals surface area contributed by atoms with E-state index in [2.05, 4.69) is 4.98 Å². The van der Waals surface area contributed by atoms with Crippen LogP contribution in [0.1, 0.15) is 16.6 Å². The molecule has 3 aromatic rings. The van der Waals surface area contributed by atoms with Crippen molar-refractivity contribution in [2.24, 2.45) is 0 Å². The molecular weight excluding hydrogens is 405 g/mol. The fourth-order valence-corrected chi connectivity index (χ4v) is 3.23. The van der Waals surface area contributed by atoms with Gasteiger partial charge in [-0.1, -0.05) is 76.7 Å². The zero-order valence-electron chi connectivity index (χ0n) is 12.6. The van der Waals surface area contributed by atoms with Gasteiger partial charge in [0.05, 0.1) is 6.33 Å². The number of allylic oxidation sites excluding steroid dienone is 1. The quantitative estimate of drug-likeness (QED) is 0.332. The summed E-state index contributed by atoms with van der Waals surface area (Å²) in [4.78, 5) is 3.95. The largest absolute Gasteiger partial charge is 0.299 e. The first-order valence-corrected chi connectivity index (χ1v) is 8.78. The lowest BCUT2D eigenvalue weighted by Gasteiger charge is -2.17. The minimum absolute atomic E-state index is 0.156. The summed E-state index contributed by atoms with van der Waals surface area (Å²) >= 11 is 25.0. The summed E-state index contributed by atoms with van der Waals surface area (Å²) in [6.07, 6.45) is 3.28. The van der Waals surface area contributed by atoms with Crippen molar-refractivity contribution >= 4 is 58.1 Å². The molecule has 1 atom stereocenters. The first kappa shape index (κ1) is 18.3. The summed E-state index contributed by atoms with van der Waals surface area (Å²) < 4.78 is 14.8. The van der Waals surface area contributed by atoms with Gasteiger partial charge in [0.1, 0.15) is 16.5 Å². The maximum Gasteiger partial charge on any atom is 0.166 e. The van der Waals surface area contributed by atoms with Gasteiger partial charge in [0.2, 0.25) is 0 Å². The minimum atomic E-state index is -0.714. The third-order valence-electron chi connectivity index (χ3n) is 3.59. The van der Waals surface area contributed by atoms with Gasteiger partial charge in [-0.25, -0.2) is 9.37 Å². The van der Waals surface area contributed by atoms with Gasteiger partial charge < -0.3 is 0 Å². The molecule has 1 heterocycles. The highest BCUT2D eigenvalue weighted by molar-refractivity contribution is 6.41. The average molecular weight is 416 g/mol. The Morgan fingerprint density at radius 2 is 1.72 bits per heavy atom. The van der Waals surface area contributed by atoms with Crippen LogP contribution in [-0.2, 0) is 0 Å². The van der Waals surface area contributed by atoms with E-state index in [4.69, 9.17) is 46.4 Å². The molecular formula is C18H11Cl4FN2. The van der Waals surface area contributed by atoms with E-state index in [9.17, 15) is 4.39 Å². The summed E-state index contributed by atoms with van der Waals surface area (Å²) in [7, 11) is 0. The number of hydrogen-bond acceptors (Lipinski definition) is 1. The third kappa shape index (κ3) is 4.01. The molecule has 0 aliphatic rings. The molecule has 1 unspecified atom stereocenters. The first-order chi connectivity index (χ1) is 12.0. The number of hydrogen-bond donors (Lipinski definition) is 0. The Labute approximate surface area is 164 Å². The molecule has 0 N–H and O–H groups in total. The fraction of sp³-hybridized carbons (Fsp3) is 0.0556. The van der Waals surface area contributed by atoms with Gasteiger partial charge in [-0.15, -0.1) is 0 Å². The normalized spacial score (nSPS) is 13.1. The molecule has 0 radical (unpaired) electrons. The number of nitrogens with zero attached hydrogens (tertiary/aromatic N) is 2. The second kappa shape index (κ2) is 7.79. The van der Waals surface area contributed by atoms with Crippen molar-refractivity contribution in [2.45, 2.75) is 5.50 Å². The van der Waals surface area contributed by atoms with Crippen LogP contribution >= 0.6 is 46.4 Å². The first-order valence-electron chi connectivity index (χ1n) is 7.21. The van der Waals surface area contributed by atoms with Crippen molar-refractivity contribution in [1.82, 2.24) is 9.55 Å². The summed E-state index contributed by atoms with van der Waals surface area (Å²) in [5, 5.41) is 0.943. The summed E-state index contributed by atoms with van der Waals surface area (Å²) in [5.41, 5.74) is 1.46. The number of alkyl halides is 1. The van der Waals surface area contributed by atoms with Crippen LogP contribution in [0.4, 0.5) is 4.39 Å². The maximum atomic E-state index is 13.3. The predicted octanol–water partition coefficient (Wildman–Crippen LogP) is 6.96. The Morgan fingerprint density at radius 3 is 2.32 bits per heavy atom. The highest BCUT2D eigenvalue weighted by atomic mass is 35.5. The Bertz CT molecular complexity index is 919. The SMILES string of the molecule is Fc1ccc(C(=Cc2ccccc2Cl)C(Cl)n2cnc(Cl)c2Cl)cc1. The Kier molecular flexibility index (Phi) is 5.70. The summed E-state index contributed by atoms with van der Waals surface area (Å²) in [5.74, 6) is -0.337. The Balaban J connectivity index is 2.13. The van der Waals surface area contributed by atoms with E-state index in [1.165, 1.54) is 23.0 Å². The predicted molar refractivity (Wildman–Crippen MR) is 103 cm³/mol. The lowest BCUT2D eigenvalue weighted by atomic mass is 10.0. The molecule has 128 valence electrons. The highest BCUT2D eigenvalue weighted by Gasteiger charge is 2.20. The second-order valence-corrected chi connectivity index (χ2v) is 6.73.